The average molecular weight is 393 g/mol. The number of nitrogens with zero attached hydrogens (tertiary/aromatic N) is 3. The van der Waals surface area contributed by atoms with Crippen LogP contribution in [0.15, 0.2) is 58.4 Å². The molecule has 9 nitrogen and oxygen atoms in total. The average Bonchev–Trinajstić information content (AvgIpc) is 2.75. The SMILES string of the molecule is COC(=O)c1ccc(COc2ccccc2/C=N/Nc2nnc(C)c(=O)[nH]2)cc1. The Morgan fingerprint density at radius 2 is 1.93 bits per heavy atom. The number of methoxy groups -OCH3 is 1. The second-order valence-corrected chi connectivity index (χ2v) is 5.97. The summed E-state index contributed by atoms with van der Waals surface area (Å²) in [5.74, 6) is 0.380. The van der Waals surface area contributed by atoms with Crippen LogP contribution in [-0.4, -0.2) is 34.5 Å². The zero-order chi connectivity index (χ0) is 20.6. The van der Waals surface area contributed by atoms with E-state index in [1.165, 1.54) is 7.11 Å². The number of rotatable bonds is 7. The second-order valence-electron chi connectivity index (χ2n) is 5.97. The molecule has 0 amide bonds. The van der Waals surface area contributed by atoms with Gasteiger partial charge in [-0.1, -0.05) is 24.3 Å². The van der Waals surface area contributed by atoms with Crippen molar-refractivity contribution in [3.63, 3.8) is 0 Å². The first-order chi connectivity index (χ1) is 14.1. The van der Waals surface area contributed by atoms with E-state index < -0.39 is 0 Å². The number of hydrogen-bond donors (Lipinski definition) is 2. The maximum atomic E-state index is 11.5. The number of aryl methyl sites for hydroxylation is 1. The third-order valence-corrected chi connectivity index (χ3v) is 3.92. The van der Waals surface area contributed by atoms with Crippen molar-refractivity contribution in [2.45, 2.75) is 13.5 Å². The number of aromatic amines is 1. The van der Waals surface area contributed by atoms with E-state index >= 15 is 0 Å². The molecule has 0 radical (unpaired) electrons. The van der Waals surface area contributed by atoms with Crippen molar-refractivity contribution in [2.75, 3.05) is 12.5 Å². The molecule has 1 heterocycles. The predicted octanol–water partition coefficient (Wildman–Crippen LogP) is 2.28. The molecule has 0 aliphatic rings. The van der Waals surface area contributed by atoms with Gasteiger partial charge in [0.1, 0.15) is 18.1 Å². The van der Waals surface area contributed by atoms with Gasteiger partial charge in [-0.15, -0.1) is 10.2 Å². The van der Waals surface area contributed by atoms with E-state index in [0.29, 0.717) is 17.9 Å². The van der Waals surface area contributed by atoms with Crippen LogP contribution in [0.5, 0.6) is 5.75 Å². The van der Waals surface area contributed by atoms with Crippen LogP contribution in [0.4, 0.5) is 5.95 Å². The molecule has 9 heteroatoms. The summed E-state index contributed by atoms with van der Waals surface area (Å²) in [4.78, 5) is 25.5. The summed E-state index contributed by atoms with van der Waals surface area (Å²) in [5, 5.41) is 11.6. The Morgan fingerprint density at radius 3 is 2.66 bits per heavy atom. The van der Waals surface area contributed by atoms with Crippen LogP contribution >= 0.6 is 0 Å². The number of carbonyl (C=O) groups excluding carboxylic acids is 1. The quantitative estimate of drug-likeness (QED) is 0.359. The molecule has 0 aliphatic heterocycles. The molecular weight excluding hydrogens is 374 g/mol. The van der Waals surface area contributed by atoms with Gasteiger partial charge in [0.2, 0.25) is 5.95 Å². The zero-order valence-corrected chi connectivity index (χ0v) is 15.9. The van der Waals surface area contributed by atoms with Crippen molar-refractivity contribution in [3.05, 3.63) is 81.3 Å². The number of hydrogen-bond acceptors (Lipinski definition) is 8. The van der Waals surface area contributed by atoms with Crippen molar-refractivity contribution >= 4 is 18.1 Å². The summed E-state index contributed by atoms with van der Waals surface area (Å²) in [6.07, 6.45) is 1.55. The van der Waals surface area contributed by atoms with E-state index in [4.69, 9.17) is 4.74 Å². The number of carbonyl (C=O) groups is 1. The van der Waals surface area contributed by atoms with Gasteiger partial charge in [0.15, 0.2) is 0 Å². The number of H-pyrrole nitrogens is 1. The highest BCUT2D eigenvalue weighted by molar-refractivity contribution is 5.89. The van der Waals surface area contributed by atoms with Crippen LogP contribution in [0.2, 0.25) is 0 Å². The van der Waals surface area contributed by atoms with Gasteiger partial charge >= 0.3 is 5.97 Å². The number of aromatic nitrogens is 3. The summed E-state index contributed by atoms with van der Waals surface area (Å²) < 4.78 is 10.6. The summed E-state index contributed by atoms with van der Waals surface area (Å²) in [6.45, 7) is 1.88. The third kappa shape index (κ3) is 5.25. The Labute approximate surface area is 166 Å². The molecule has 2 N–H and O–H groups in total. The third-order valence-electron chi connectivity index (χ3n) is 3.92. The molecule has 0 fully saturated rings. The molecule has 0 saturated heterocycles. The van der Waals surface area contributed by atoms with Crippen molar-refractivity contribution in [1.82, 2.24) is 15.2 Å². The molecular formula is C20H19N5O4. The van der Waals surface area contributed by atoms with Gasteiger partial charge in [0.25, 0.3) is 5.56 Å². The molecule has 0 atom stereocenters. The highest BCUT2D eigenvalue weighted by Gasteiger charge is 2.06. The van der Waals surface area contributed by atoms with E-state index in [9.17, 15) is 9.59 Å². The lowest BCUT2D eigenvalue weighted by molar-refractivity contribution is 0.0600. The van der Waals surface area contributed by atoms with Crippen molar-refractivity contribution in [1.29, 1.82) is 0 Å². The van der Waals surface area contributed by atoms with Crippen LogP contribution in [0.25, 0.3) is 0 Å². The van der Waals surface area contributed by atoms with Gasteiger partial charge in [0, 0.05) is 5.56 Å². The van der Waals surface area contributed by atoms with Gasteiger partial charge in [0.05, 0.1) is 18.9 Å². The number of esters is 1. The van der Waals surface area contributed by atoms with Crippen molar-refractivity contribution in [2.24, 2.45) is 5.10 Å². The number of benzene rings is 2. The van der Waals surface area contributed by atoms with Crippen molar-refractivity contribution in [3.8, 4) is 5.75 Å². The van der Waals surface area contributed by atoms with E-state index in [1.807, 2.05) is 24.3 Å². The minimum Gasteiger partial charge on any atom is -0.488 e. The Bertz CT molecular complexity index is 1080. The fourth-order valence-corrected chi connectivity index (χ4v) is 2.34. The van der Waals surface area contributed by atoms with E-state index in [-0.39, 0.29) is 23.2 Å². The lowest BCUT2D eigenvalue weighted by Gasteiger charge is -2.09. The fourth-order valence-electron chi connectivity index (χ4n) is 2.34. The Balaban J connectivity index is 1.64. The summed E-state index contributed by atoms with van der Waals surface area (Å²) in [6, 6.07) is 14.3. The zero-order valence-electron chi connectivity index (χ0n) is 15.9. The Kier molecular flexibility index (Phi) is 6.31. The van der Waals surface area contributed by atoms with Crippen LogP contribution < -0.4 is 15.7 Å². The van der Waals surface area contributed by atoms with Crippen LogP contribution in [0, 0.1) is 6.92 Å². The molecule has 0 unspecified atom stereocenters. The molecule has 0 saturated carbocycles. The highest BCUT2D eigenvalue weighted by Crippen LogP contribution is 2.18. The molecule has 29 heavy (non-hydrogen) atoms. The van der Waals surface area contributed by atoms with Crippen LogP contribution in [0.3, 0.4) is 0 Å². The largest absolute Gasteiger partial charge is 0.488 e. The summed E-state index contributed by atoms with van der Waals surface area (Å²) in [7, 11) is 1.34. The minimum atomic E-state index is -0.383. The fraction of sp³-hybridized carbons (Fsp3) is 0.150. The molecule has 0 spiro atoms. The standard InChI is InChI=1S/C20H19N5O4/c1-13-18(26)22-20(25-23-13)24-21-11-16-5-3-4-6-17(16)29-12-14-7-9-15(10-8-14)19(27)28-2/h3-11H,12H2,1-2H3,(H2,22,24,25,26)/b21-11+. The first-order valence-corrected chi connectivity index (χ1v) is 8.68. The Hall–Kier alpha value is -4.01. The molecule has 3 rings (SSSR count). The summed E-state index contributed by atoms with van der Waals surface area (Å²) in [5.41, 5.74) is 4.67. The number of para-hydroxylation sites is 1. The predicted molar refractivity (Wildman–Crippen MR) is 107 cm³/mol. The lowest BCUT2D eigenvalue weighted by atomic mass is 10.1. The first-order valence-electron chi connectivity index (χ1n) is 8.68. The maximum absolute atomic E-state index is 11.5. The number of ether oxygens (including phenoxy) is 2. The van der Waals surface area contributed by atoms with Gasteiger partial charge in [-0.2, -0.15) is 5.10 Å². The smallest absolute Gasteiger partial charge is 0.337 e. The van der Waals surface area contributed by atoms with E-state index in [1.54, 1.807) is 37.4 Å². The second kappa shape index (κ2) is 9.27. The highest BCUT2D eigenvalue weighted by atomic mass is 16.5. The van der Waals surface area contributed by atoms with E-state index in [2.05, 4.69) is 30.4 Å². The topological polar surface area (TPSA) is 119 Å². The molecule has 3 aromatic rings. The normalized spacial score (nSPS) is 10.7. The number of nitrogens with one attached hydrogen (secondary N) is 2. The minimum absolute atomic E-state index is 0.140. The number of anilines is 1. The monoisotopic (exact) mass is 393 g/mol. The van der Waals surface area contributed by atoms with Crippen molar-refractivity contribution < 1.29 is 14.3 Å². The van der Waals surface area contributed by atoms with E-state index in [0.717, 1.165) is 11.1 Å². The van der Waals surface area contributed by atoms with Gasteiger partial charge in [-0.3, -0.25) is 9.78 Å². The molecule has 1 aromatic heterocycles. The molecule has 148 valence electrons. The molecule has 0 bridgehead atoms. The lowest BCUT2D eigenvalue weighted by Crippen LogP contribution is -2.15. The van der Waals surface area contributed by atoms with Gasteiger partial charge < -0.3 is 9.47 Å². The van der Waals surface area contributed by atoms with Gasteiger partial charge in [-0.05, 0) is 36.8 Å². The van der Waals surface area contributed by atoms with Crippen LogP contribution in [-0.2, 0) is 11.3 Å². The maximum Gasteiger partial charge on any atom is 0.337 e. The van der Waals surface area contributed by atoms with Gasteiger partial charge in [-0.25, -0.2) is 10.2 Å². The summed E-state index contributed by atoms with van der Waals surface area (Å²) >= 11 is 0. The van der Waals surface area contributed by atoms with Crippen LogP contribution in [0.1, 0.15) is 27.2 Å². The molecule has 0 aliphatic carbocycles. The Morgan fingerprint density at radius 1 is 1.17 bits per heavy atom. The first kappa shape index (κ1) is 19.7. The molecule has 2 aromatic carbocycles. The number of hydrazone groups is 1.